The Hall–Kier alpha value is -5.23. The lowest BCUT2D eigenvalue weighted by molar-refractivity contribution is -0.132. The van der Waals surface area contributed by atoms with Gasteiger partial charge in [0.05, 0.1) is 41.0 Å². The molecule has 0 fully saturated rings. The van der Waals surface area contributed by atoms with E-state index in [9.17, 15) is 24.2 Å². The number of nitriles is 1. The van der Waals surface area contributed by atoms with Gasteiger partial charge in [-0.1, -0.05) is 31.2 Å². The maximum atomic E-state index is 15.3. The molecule has 46 heavy (non-hydrogen) atoms. The van der Waals surface area contributed by atoms with E-state index in [4.69, 9.17) is 20.7 Å². The van der Waals surface area contributed by atoms with Gasteiger partial charge in [0.2, 0.25) is 0 Å². The van der Waals surface area contributed by atoms with Crippen molar-refractivity contribution in [1.29, 1.82) is 5.26 Å². The van der Waals surface area contributed by atoms with Crippen molar-refractivity contribution < 1.29 is 33.3 Å². The monoisotopic (exact) mass is 646 g/mol. The van der Waals surface area contributed by atoms with E-state index in [1.165, 1.54) is 46.9 Å². The second-order valence-electron chi connectivity index (χ2n) is 10.6. The van der Waals surface area contributed by atoms with Crippen LogP contribution in [-0.2, 0) is 16.9 Å². The molecule has 0 aliphatic carbocycles. The second kappa shape index (κ2) is 13.4. The topological polar surface area (TPSA) is 165 Å². The second-order valence-corrected chi connectivity index (χ2v) is 11.5. The molecule has 0 saturated heterocycles. The number of aromatic carboxylic acids is 1. The molecule has 0 spiro atoms. The van der Waals surface area contributed by atoms with Crippen LogP contribution in [0.25, 0.3) is 11.3 Å². The molecule has 1 aliphatic rings. The number of β-amino-alcohol motifs (C(OH)–C–C–N with tert-alkyl or cyclic N) is 1. The van der Waals surface area contributed by atoms with Crippen molar-refractivity contribution in [2.45, 2.75) is 25.0 Å². The number of carboxylic acids is 1. The van der Waals surface area contributed by atoms with Gasteiger partial charge in [-0.15, -0.1) is 11.3 Å². The van der Waals surface area contributed by atoms with E-state index in [1.54, 1.807) is 41.5 Å². The SMILES string of the molecule is C[C@@H](c1nc(-c2ccc(C#N)cc2)cs1)[C@](O)(CN1CN(Cc2ccc(OC(=O)CN)cc2C(=O)O)C=N1)c1ccc(F)cc1F. The smallest absolute Gasteiger partial charge is 0.336 e. The molecular weight excluding hydrogens is 618 g/mol. The third kappa shape index (κ3) is 6.86. The summed E-state index contributed by atoms with van der Waals surface area (Å²) in [6, 6.07) is 16.1. The van der Waals surface area contributed by atoms with Crippen molar-refractivity contribution in [3.8, 4) is 23.1 Å². The first-order valence-electron chi connectivity index (χ1n) is 13.9. The van der Waals surface area contributed by atoms with Crippen LogP contribution in [0.1, 0.15) is 44.9 Å². The zero-order chi connectivity index (χ0) is 33.0. The van der Waals surface area contributed by atoms with Crippen molar-refractivity contribution in [2.24, 2.45) is 10.8 Å². The summed E-state index contributed by atoms with van der Waals surface area (Å²) in [6.07, 6.45) is 1.46. The van der Waals surface area contributed by atoms with E-state index in [-0.39, 0.29) is 43.2 Å². The van der Waals surface area contributed by atoms with Gasteiger partial charge in [0.25, 0.3) is 0 Å². The highest BCUT2D eigenvalue weighted by Gasteiger charge is 2.43. The number of hydrogen-bond donors (Lipinski definition) is 3. The minimum Gasteiger partial charge on any atom is -0.478 e. The average molecular weight is 647 g/mol. The lowest BCUT2D eigenvalue weighted by Gasteiger charge is -2.36. The van der Waals surface area contributed by atoms with Crippen molar-refractivity contribution in [3.63, 3.8) is 0 Å². The van der Waals surface area contributed by atoms with Crippen molar-refractivity contribution >= 4 is 29.6 Å². The predicted octanol–water partition coefficient (Wildman–Crippen LogP) is 4.23. The number of ether oxygens (including phenoxy) is 1. The van der Waals surface area contributed by atoms with Gasteiger partial charge in [0, 0.05) is 35.0 Å². The number of hydrazone groups is 1. The lowest BCUT2D eigenvalue weighted by Crippen LogP contribution is -2.44. The molecule has 2 atom stereocenters. The molecule has 1 aromatic heterocycles. The summed E-state index contributed by atoms with van der Waals surface area (Å²) in [7, 11) is 0. The highest BCUT2D eigenvalue weighted by Crippen LogP contribution is 2.41. The summed E-state index contributed by atoms with van der Waals surface area (Å²) in [5.74, 6) is -4.41. The maximum Gasteiger partial charge on any atom is 0.336 e. The van der Waals surface area contributed by atoms with Gasteiger partial charge in [-0.2, -0.15) is 10.4 Å². The number of halogens is 2. The Morgan fingerprint density at radius 3 is 2.61 bits per heavy atom. The third-order valence-corrected chi connectivity index (χ3v) is 8.57. The average Bonchev–Trinajstić information content (AvgIpc) is 3.71. The number of carbonyl (C=O) groups is 2. The fourth-order valence-corrected chi connectivity index (χ4v) is 6.04. The van der Waals surface area contributed by atoms with E-state index in [0.717, 1.165) is 11.6 Å². The molecule has 3 aromatic carbocycles. The Balaban J connectivity index is 1.38. The lowest BCUT2D eigenvalue weighted by atomic mass is 9.81. The predicted molar refractivity (Wildman–Crippen MR) is 165 cm³/mol. The number of thiazole rings is 1. The highest BCUT2D eigenvalue weighted by molar-refractivity contribution is 7.10. The molecular formula is C32H28F2N6O5S. The molecule has 4 aromatic rings. The molecule has 0 radical (unpaired) electrons. The minimum absolute atomic E-state index is 0.0400. The van der Waals surface area contributed by atoms with Crippen LogP contribution in [0.2, 0.25) is 0 Å². The van der Waals surface area contributed by atoms with Crippen LogP contribution in [-0.4, -0.2) is 63.1 Å². The minimum atomic E-state index is -1.92. The first-order chi connectivity index (χ1) is 22.0. The van der Waals surface area contributed by atoms with Crippen molar-refractivity contribution in [2.75, 3.05) is 19.8 Å². The summed E-state index contributed by atoms with van der Waals surface area (Å²) in [5.41, 5.74) is 5.39. The van der Waals surface area contributed by atoms with Crippen LogP contribution in [0.3, 0.4) is 0 Å². The zero-order valence-corrected chi connectivity index (χ0v) is 25.2. The third-order valence-electron chi connectivity index (χ3n) is 7.55. The molecule has 14 heteroatoms. The summed E-state index contributed by atoms with van der Waals surface area (Å²) < 4.78 is 34.2. The molecule has 0 amide bonds. The molecule has 2 heterocycles. The van der Waals surface area contributed by atoms with Gasteiger partial charge in [0.15, 0.2) is 0 Å². The molecule has 236 valence electrons. The Morgan fingerprint density at radius 2 is 1.93 bits per heavy atom. The summed E-state index contributed by atoms with van der Waals surface area (Å²) in [4.78, 5) is 29.9. The largest absolute Gasteiger partial charge is 0.478 e. The van der Waals surface area contributed by atoms with Crippen LogP contribution >= 0.6 is 11.3 Å². The normalized spacial score (nSPS) is 14.5. The summed E-state index contributed by atoms with van der Waals surface area (Å²) in [5, 5.41) is 39.2. The standard InChI is InChI=1S/C32H28F2N6O5S/c1-19(30-38-28(15-46-30)21-4-2-20(12-35)3-5-21)32(44,26-9-7-23(33)10-27(26)34)16-40-18-39(17-37-40)14-22-6-8-24(45-29(41)13-36)11-25(22)31(42)43/h2-11,15,17,19,44H,13-14,16,18,36H2,1H3,(H,42,43)/t19-,32+/m0/s1. The van der Waals surface area contributed by atoms with Crippen molar-refractivity contribution in [1.82, 2.24) is 14.9 Å². The number of carboxylic acid groups (broad SMARTS) is 1. The summed E-state index contributed by atoms with van der Waals surface area (Å²) >= 11 is 1.27. The van der Waals surface area contributed by atoms with E-state index in [0.29, 0.717) is 27.9 Å². The number of carbonyl (C=O) groups excluding carboxylic acids is 1. The number of rotatable bonds is 11. The fraction of sp³-hybridized carbons (Fsp3) is 0.219. The van der Waals surface area contributed by atoms with Crippen LogP contribution in [0.5, 0.6) is 5.75 Å². The molecule has 4 N–H and O–H groups in total. The summed E-state index contributed by atoms with van der Waals surface area (Å²) in [6.45, 7) is 1.33. The zero-order valence-electron chi connectivity index (χ0n) is 24.4. The van der Waals surface area contributed by atoms with Crippen LogP contribution in [0.4, 0.5) is 8.78 Å². The quantitative estimate of drug-likeness (QED) is 0.159. The van der Waals surface area contributed by atoms with Gasteiger partial charge in [-0.3, -0.25) is 9.80 Å². The number of aromatic nitrogens is 1. The number of benzene rings is 3. The van der Waals surface area contributed by atoms with E-state index >= 15 is 4.39 Å². The number of esters is 1. The molecule has 11 nitrogen and oxygen atoms in total. The first kappa shape index (κ1) is 32.2. The Morgan fingerprint density at radius 1 is 1.17 bits per heavy atom. The number of nitrogens with zero attached hydrogens (tertiary/aromatic N) is 5. The van der Waals surface area contributed by atoms with Crippen LogP contribution in [0, 0.1) is 23.0 Å². The Bertz CT molecular complexity index is 1840. The molecule has 0 saturated carbocycles. The molecule has 0 unspecified atom stereocenters. The fourth-order valence-electron chi connectivity index (χ4n) is 5.07. The van der Waals surface area contributed by atoms with Gasteiger partial charge < -0.3 is 25.6 Å². The number of aliphatic hydroxyl groups is 1. The molecule has 1 aliphatic heterocycles. The number of hydrogen-bond acceptors (Lipinski definition) is 11. The van der Waals surface area contributed by atoms with Gasteiger partial charge in [-0.25, -0.2) is 18.6 Å². The Labute approximate surface area is 266 Å². The van der Waals surface area contributed by atoms with E-state index in [2.05, 4.69) is 11.2 Å². The highest BCUT2D eigenvalue weighted by atomic mass is 32.1. The maximum absolute atomic E-state index is 15.3. The van der Waals surface area contributed by atoms with Gasteiger partial charge in [0.1, 0.15) is 36.0 Å². The first-order valence-corrected chi connectivity index (χ1v) is 14.8. The van der Waals surface area contributed by atoms with E-state index < -0.39 is 35.1 Å². The Kier molecular flexibility index (Phi) is 9.38. The van der Waals surface area contributed by atoms with Crippen LogP contribution in [0.15, 0.2) is 71.1 Å². The molecule has 5 rings (SSSR count). The molecule has 0 bridgehead atoms. The van der Waals surface area contributed by atoms with Crippen molar-refractivity contribution in [3.05, 3.63) is 105 Å². The van der Waals surface area contributed by atoms with Crippen LogP contribution < -0.4 is 10.5 Å². The number of nitrogens with two attached hydrogens (primary N) is 1. The van der Waals surface area contributed by atoms with E-state index in [1.807, 2.05) is 0 Å². The van der Waals surface area contributed by atoms with Gasteiger partial charge >= 0.3 is 11.9 Å². The van der Waals surface area contributed by atoms with Gasteiger partial charge in [-0.05, 0) is 35.9 Å².